The highest BCUT2D eigenvalue weighted by Gasteiger charge is 2.77. The fraction of sp³-hybridized carbons (Fsp3) is 0.536. The highest BCUT2D eigenvalue weighted by atomic mass is 28.4. The SMILES string of the molecule is CC(C)(C)[Si](C)(C)OCC[C@]12C[C@@H](O)[C@@](C)(O1)[C@H]1C(=O)N(c3ccc(C#N)c4ccccc34)C(=O)C12. The number of carbonyl (C=O) groups is 2. The Morgan fingerprint density at radius 1 is 1.14 bits per heavy atom. The maximum Gasteiger partial charge on any atom is 0.240 e. The molecule has 0 aliphatic carbocycles. The molecule has 0 spiro atoms. The van der Waals surface area contributed by atoms with Gasteiger partial charge in [-0.1, -0.05) is 45.0 Å². The highest BCUT2D eigenvalue weighted by molar-refractivity contribution is 6.74. The molecule has 3 aliphatic heterocycles. The van der Waals surface area contributed by atoms with Gasteiger partial charge in [0.25, 0.3) is 0 Å². The Hall–Kier alpha value is -2.57. The van der Waals surface area contributed by atoms with Crippen molar-refractivity contribution >= 4 is 36.6 Å². The van der Waals surface area contributed by atoms with Crippen molar-refractivity contribution < 1.29 is 23.9 Å². The van der Waals surface area contributed by atoms with E-state index in [0.717, 1.165) is 0 Å². The van der Waals surface area contributed by atoms with Crippen LogP contribution in [-0.4, -0.2) is 49.2 Å². The van der Waals surface area contributed by atoms with Crippen molar-refractivity contribution in [3.8, 4) is 6.07 Å². The van der Waals surface area contributed by atoms with Crippen LogP contribution in [0.3, 0.4) is 0 Å². The zero-order valence-electron chi connectivity index (χ0n) is 21.8. The van der Waals surface area contributed by atoms with Gasteiger partial charge in [-0.05, 0) is 43.6 Å². The van der Waals surface area contributed by atoms with Crippen LogP contribution < -0.4 is 4.90 Å². The molecule has 2 bridgehead atoms. The second kappa shape index (κ2) is 7.96. The van der Waals surface area contributed by atoms with E-state index in [4.69, 9.17) is 9.16 Å². The number of benzene rings is 2. The Bertz CT molecular complexity index is 1310. The molecule has 1 unspecified atom stereocenters. The molecule has 0 saturated carbocycles. The van der Waals surface area contributed by atoms with Gasteiger partial charge in [-0.15, -0.1) is 0 Å². The third-order valence-corrected chi connectivity index (χ3v) is 13.7. The lowest BCUT2D eigenvalue weighted by Crippen LogP contribution is -2.50. The molecule has 8 heteroatoms. The van der Waals surface area contributed by atoms with Gasteiger partial charge in [0.05, 0.1) is 40.9 Å². The summed E-state index contributed by atoms with van der Waals surface area (Å²) in [4.78, 5) is 29.1. The molecule has 190 valence electrons. The Kier molecular flexibility index (Phi) is 5.55. The predicted octanol–water partition coefficient (Wildman–Crippen LogP) is 4.52. The number of fused-ring (bicyclic) bond motifs is 6. The van der Waals surface area contributed by atoms with E-state index in [0.29, 0.717) is 41.5 Å². The minimum atomic E-state index is -2.02. The van der Waals surface area contributed by atoms with Crippen molar-refractivity contribution in [3.05, 3.63) is 42.0 Å². The molecule has 2 aromatic carbocycles. The van der Waals surface area contributed by atoms with Gasteiger partial charge in [0.1, 0.15) is 5.60 Å². The minimum Gasteiger partial charge on any atom is -0.417 e. The van der Waals surface area contributed by atoms with E-state index >= 15 is 0 Å². The first-order valence-electron chi connectivity index (χ1n) is 12.6. The van der Waals surface area contributed by atoms with Crippen molar-refractivity contribution in [1.29, 1.82) is 5.26 Å². The molecule has 1 N–H and O–H groups in total. The first-order valence-corrected chi connectivity index (χ1v) is 15.5. The van der Waals surface area contributed by atoms with E-state index in [1.54, 1.807) is 19.1 Å². The average molecular weight is 507 g/mol. The lowest BCUT2D eigenvalue weighted by Gasteiger charge is -2.38. The molecule has 0 aromatic heterocycles. The number of hydrogen-bond donors (Lipinski definition) is 1. The number of anilines is 1. The van der Waals surface area contributed by atoms with Crippen LogP contribution in [-0.2, 0) is 18.8 Å². The van der Waals surface area contributed by atoms with E-state index in [2.05, 4.69) is 39.9 Å². The normalized spacial score (nSPS) is 31.8. The number of aliphatic hydroxyl groups is 1. The van der Waals surface area contributed by atoms with Gasteiger partial charge in [-0.25, -0.2) is 4.90 Å². The van der Waals surface area contributed by atoms with Crippen molar-refractivity contribution in [3.63, 3.8) is 0 Å². The lowest BCUT2D eigenvalue weighted by molar-refractivity contribution is -0.134. The second-order valence-electron chi connectivity index (χ2n) is 12.2. The summed E-state index contributed by atoms with van der Waals surface area (Å²) in [7, 11) is -2.02. The number of hydrogen-bond acceptors (Lipinski definition) is 6. The van der Waals surface area contributed by atoms with Crippen LogP contribution in [0.15, 0.2) is 36.4 Å². The maximum absolute atomic E-state index is 14.0. The minimum absolute atomic E-state index is 0.0417. The van der Waals surface area contributed by atoms with Crippen LogP contribution in [0.2, 0.25) is 18.1 Å². The van der Waals surface area contributed by atoms with Crippen molar-refractivity contribution in [2.24, 2.45) is 11.8 Å². The fourth-order valence-corrected chi connectivity index (χ4v) is 7.18. The number of nitriles is 1. The summed E-state index contributed by atoms with van der Waals surface area (Å²) < 4.78 is 12.9. The van der Waals surface area contributed by atoms with Crippen LogP contribution in [0, 0.1) is 23.2 Å². The second-order valence-corrected chi connectivity index (χ2v) is 17.0. The number of aliphatic hydroxyl groups excluding tert-OH is 1. The van der Waals surface area contributed by atoms with E-state index in [9.17, 15) is 20.0 Å². The standard InChI is InChI=1S/C28H34N2O5Si/c1-26(2,3)36(5,6)34-14-13-28-15-21(31)27(4,35-28)22-23(28)25(33)30(24(22)32)20-12-11-17(16-29)18-9-7-8-10-19(18)20/h7-12,21-23,31H,13-15H2,1-6H3/t21-,22-,23?,27-,28-/m1/s1. The van der Waals surface area contributed by atoms with E-state index in [1.165, 1.54) is 4.90 Å². The number of ether oxygens (including phenoxy) is 1. The molecule has 3 fully saturated rings. The molecule has 0 radical (unpaired) electrons. The molecule has 3 heterocycles. The molecule has 2 amide bonds. The van der Waals surface area contributed by atoms with Gasteiger partial charge in [0, 0.05) is 23.8 Å². The summed E-state index contributed by atoms with van der Waals surface area (Å²) in [6.45, 7) is 13.0. The summed E-state index contributed by atoms with van der Waals surface area (Å²) in [5.41, 5.74) is -1.13. The third kappa shape index (κ3) is 3.33. The lowest BCUT2D eigenvalue weighted by atomic mass is 9.66. The molecule has 3 saturated heterocycles. The number of imide groups is 1. The van der Waals surface area contributed by atoms with Crippen LogP contribution in [0.1, 0.15) is 46.1 Å². The number of carbonyl (C=O) groups excluding carboxylic acids is 2. The van der Waals surface area contributed by atoms with Crippen LogP contribution in [0.5, 0.6) is 0 Å². The van der Waals surface area contributed by atoms with Crippen LogP contribution >= 0.6 is 0 Å². The molecule has 5 atom stereocenters. The molecular weight excluding hydrogens is 472 g/mol. The van der Waals surface area contributed by atoms with E-state index < -0.39 is 37.5 Å². The van der Waals surface area contributed by atoms with Gasteiger partial charge in [-0.3, -0.25) is 9.59 Å². The van der Waals surface area contributed by atoms with Crippen molar-refractivity contribution in [2.45, 2.75) is 76.0 Å². The fourth-order valence-electron chi connectivity index (χ4n) is 6.13. The molecule has 7 nitrogen and oxygen atoms in total. The van der Waals surface area contributed by atoms with Crippen LogP contribution in [0.25, 0.3) is 10.8 Å². The van der Waals surface area contributed by atoms with Gasteiger partial charge >= 0.3 is 0 Å². The van der Waals surface area contributed by atoms with Gasteiger partial charge in [-0.2, -0.15) is 5.26 Å². The van der Waals surface area contributed by atoms with Crippen molar-refractivity contribution in [1.82, 2.24) is 0 Å². The summed E-state index contributed by atoms with van der Waals surface area (Å²) in [5.74, 6) is -2.11. The first-order chi connectivity index (χ1) is 16.8. The summed E-state index contributed by atoms with van der Waals surface area (Å²) in [6, 6.07) is 12.8. The smallest absolute Gasteiger partial charge is 0.240 e. The van der Waals surface area contributed by atoms with Gasteiger partial charge in [0.2, 0.25) is 11.8 Å². The van der Waals surface area contributed by atoms with Gasteiger partial charge < -0.3 is 14.3 Å². The van der Waals surface area contributed by atoms with Gasteiger partial charge in [0.15, 0.2) is 8.32 Å². The summed E-state index contributed by atoms with van der Waals surface area (Å²) in [6.07, 6.45) is -0.109. The molecular formula is C28H34N2O5Si. The molecule has 3 aliphatic rings. The summed E-state index contributed by atoms with van der Waals surface area (Å²) in [5, 5.41) is 22.0. The molecule has 5 rings (SSSR count). The Balaban J connectivity index is 1.52. The predicted molar refractivity (Wildman–Crippen MR) is 139 cm³/mol. The van der Waals surface area contributed by atoms with Crippen LogP contribution in [0.4, 0.5) is 5.69 Å². The number of rotatable bonds is 5. The maximum atomic E-state index is 14.0. The monoisotopic (exact) mass is 506 g/mol. The largest absolute Gasteiger partial charge is 0.417 e. The van der Waals surface area contributed by atoms with E-state index in [1.807, 2.05) is 24.3 Å². The Morgan fingerprint density at radius 3 is 2.42 bits per heavy atom. The average Bonchev–Trinajstić information content (AvgIpc) is 3.33. The molecule has 2 aromatic rings. The third-order valence-electron chi connectivity index (χ3n) is 9.17. The van der Waals surface area contributed by atoms with Crippen molar-refractivity contribution in [2.75, 3.05) is 11.5 Å². The molecule has 36 heavy (non-hydrogen) atoms. The Labute approximate surface area is 213 Å². The first kappa shape index (κ1) is 25.1. The number of nitrogens with zero attached hydrogens (tertiary/aromatic N) is 2. The quantitative estimate of drug-likeness (QED) is 0.473. The number of amides is 2. The summed E-state index contributed by atoms with van der Waals surface area (Å²) >= 11 is 0. The zero-order chi connectivity index (χ0) is 26.3. The highest BCUT2D eigenvalue weighted by Crippen LogP contribution is 2.62. The van der Waals surface area contributed by atoms with E-state index in [-0.39, 0.29) is 16.9 Å². The Morgan fingerprint density at radius 2 is 1.78 bits per heavy atom. The topological polar surface area (TPSA) is 99.9 Å². The zero-order valence-corrected chi connectivity index (χ0v) is 22.8.